The number of morpholine rings is 1. The second-order valence-corrected chi connectivity index (χ2v) is 8.59. The second-order valence-electron chi connectivity index (χ2n) is 6.50. The predicted octanol–water partition coefficient (Wildman–Crippen LogP) is 0.482. The summed E-state index contributed by atoms with van der Waals surface area (Å²) in [6.45, 7) is 9.07. The topological polar surface area (TPSA) is 88.0 Å². The van der Waals surface area contributed by atoms with Gasteiger partial charge < -0.3 is 19.9 Å². The van der Waals surface area contributed by atoms with Crippen molar-refractivity contribution in [2.75, 3.05) is 38.5 Å². The summed E-state index contributed by atoms with van der Waals surface area (Å²) in [5.41, 5.74) is 0. The van der Waals surface area contributed by atoms with Crippen LogP contribution >= 0.6 is 0 Å². The molecule has 1 saturated heterocycles. The van der Waals surface area contributed by atoms with E-state index >= 15 is 0 Å². The van der Waals surface area contributed by atoms with Crippen LogP contribution in [0.25, 0.3) is 0 Å². The minimum absolute atomic E-state index is 0.000610. The molecule has 2 heterocycles. The summed E-state index contributed by atoms with van der Waals surface area (Å²) in [6, 6.07) is 3.97. The van der Waals surface area contributed by atoms with E-state index in [0.717, 1.165) is 13.1 Å². The Hall–Kier alpha value is -1.58. The number of aliphatic imine (C=N–C) groups is 1. The molecule has 0 amide bonds. The van der Waals surface area contributed by atoms with Gasteiger partial charge in [-0.1, -0.05) is 0 Å². The molecule has 1 aromatic rings. The molecule has 26 heavy (non-hydrogen) atoms. The molecule has 1 fully saturated rings. The van der Waals surface area contributed by atoms with Gasteiger partial charge in [0.05, 0.1) is 24.5 Å². The van der Waals surface area contributed by atoms with E-state index in [0.29, 0.717) is 25.6 Å². The molecule has 1 aliphatic rings. The third kappa shape index (κ3) is 6.62. The Balaban J connectivity index is 1.83. The number of aromatic nitrogens is 1. The first-order valence-corrected chi connectivity index (χ1v) is 10.8. The predicted molar refractivity (Wildman–Crippen MR) is 104 cm³/mol. The van der Waals surface area contributed by atoms with Gasteiger partial charge in [0.2, 0.25) is 10.0 Å². The fourth-order valence-electron chi connectivity index (χ4n) is 2.92. The van der Waals surface area contributed by atoms with Crippen molar-refractivity contribution in [3.8, 4) is 0 Å². The molecule has 148 valence electrons. The van der Waals surface area contributed by atoms with Crippen molar-refractivity contribution in [3.63, 3.8) is 0 Å². The van der Waals surface area contributed by atoms with Crippen LogP contribution in [0.4, 0.5) is 0 Å². The van der Waals surface area contributed by atoms with E-state index < -0.39 is 10.0 Å². The minimum atomic E-state index is -3.33. The maximum Gasteiger partial charge on any atom is 0.216 e. The van der Waals surface area contributed by atoms with Gasteiger partial charge in [-0.25, -0.2) is 8.42 Å². The van der Waals surface area contributed by atoms with Crippen LogP contribution in [-0.2, 0) is 21.3 Å². The van der Waals surface area contributed by atoms with Crippen LogP contribution in [0.5, 0.6) is 0 Å². The zero-order chi connectivity index (χ0) is 19.0. The van der Waals surface area contributed by atoms with Crippen LogP contribution in [0.2, 0.25) is 0 Å². The summed E-state index contributed by atoms with van der Waals surface area (Å²) in [4.78, 5) is 4.40. The van der Waals surface area contributed by atoms with Crippen LogP contribution in [0, 0.1) is 0 Å². The molecule has 0 aliphatic carbocycles. The number of rotatable bonds is 8. The molecule has 0 bridgehead atoms. The zero-order valence-corrected chi connectivity index (χ0v) is 16.7. The van der Waals surface area contributed by atoms with Crippen LogP contribution in [0.1, 0.15) is 20.8 Å². The van der Waals surface area contributed by atoms with Crippen molar-refractivity contribution in [3.05, 3.63) is 24.5 Å². The lowest BCUT2D eigenvalue weighted by atomic mass is 10.3. The summed E-state index contributed by atoms with van der Waals surface area (Å²) in [5, 5.41) is 6.37. The Kier molecular flexibility index (Phi) is 7.92. The van der Waals surface area contributed by atoms with Gasteiger partial charge in [-0.15, -0.1) is 0 Å². The minimum Gasteiger partial charge on any atom is -0.373 e. The molecular weight excluding hydrogens is 354 g/mol. The standard InChI is InChI=1S/C17H31N5O3S/c1-4-18-17(19-7-11-21-9-5-6-10-21)20-8-12-26(23,24)22-13-15(2)25-16(3)14-22/h5-6,9-10,15-16H,4,7-8,11-14H2,1-3H3,(H2,18,19,20). The first-order valence-electron chi connectivity index (χ1n) is 9.17. The highest BCUT2D eigenvalue weighted by Gasteiger charge is 2.30. The monoisotopic (exact) mass is 385 g/mol. The van der Waals surface area contributed by atoms with Gasteiger partial charge in [0, 0.05) is 45.1 Å². The third-order valence-corrected chi connectivity index (χ3v) is 5.85. The quantitative estimate of drug-likeness (QED) is 0.502. The van der Waals surface area contributed by atoms with Crippen molar-refractivity contribution in [1.82, 2.24) is 19.5 Å². The van der Waals surface area contributed by atoms with Gasteiger partial charge in [-0.2, -0.15) is 4.31 Å². The highest BCUT2D eigenvalue weighted by Crippen LogP contribution is 2.14. The molecule has 0 aromatic carbocycles. The average Bonchev–Trinajstić information content (AvgIpc) is 3.07. The van der Waals surface area contributed by atoms with E-state index in [2.05, 4.69) is 20.2 Å². The molecule has 2 rings (SSSR count). The Labute approximate surface area is 156 Å². The zero-order valence-electron chi connectivity index (χ0n) is 15.9. The van der Waals surface area contributed by atoms with E-state index in [-0.39, 0.29) is 24.5 Å². The van der Waals surface area contributed by atoms with Gasteiger partial charge >= 0.3 is 0 Å². The lowest BCUT2D eigenvalue weighted by molar-refractivity contribution is -0.0440. The number of sulfonamides is 1. The summed E-state index contributed by atoms with van der Waals surface area (Å²) in [6.07, 6.45) is 3.85. The number of hydrogen-bond acceptors (Lipinski definition) is 4. The van der Waals surface area contributed by atoms with E-state index in [1.165, 1.54) is 4.31 Å². The molecule has 0 radical (unpaired) electrons. The molecular formula is C17H31N5O3S. The normalized spacial score (nSPS) is 22.3. The van der Waals surface area contributed by atoms with E-state index in [1.807, 2.05) is 45.3 Å². The molecule has 0 spiro atoms. The Morgan fingerprint density at radius 1 is 1.19 bits per heavy atom. The molecule has 2 atom stereocenters. The highest BCUT2D eigenvalue weighted by molar-refractivity contribution is 7.89. The van der Waals surface area contributed by atoms with Crippen molar-refractivity contribution < 1.29 is 13.2 Å². The smallest absolute Gasteiger partial charge is 0.216 e. The van der Waals surface area contributed by atoms with Crippen molar-refractivity contribution in [1.29, 1.82) is 0 Å². The van der Waals surface area contributed by atoms with Gasteiger partial charge in [0.25, 0.3) is 0 Å². The summed E-state index contributed by atoms with van der Waals surface area (Å²) in [5.74, 6) is 0.638. The fourth-order valence-corrected chi connectivity index (χ4v) is 4.38. The lowest BCUT2D eigenvalue weighted by Crippen LogP contribution is -2.49. The molecule has 2 N–H and O–H groups in total. The fraction of sp³-hybridized carbons (Fsp3) is 0.706. The van der Waals surface area contributed by atoms with E-state index in [4.69, 9.17) is 4.74 Å². The van der Waals surface area contributed by atoms with Crippen LogP contribution < -0.4 is 10.6 Å². The molecule has 1 aliphatic heterocycles. The van der Waals surface area contributed by atoms with Gasteiger partial charge in [0.15, 0.2) is 5.96 Å². The van der Waals surface area contributed by atoms with Crippen LogP contribution in [-0.4, -0.2) is 73.9 Å². The molecule has 2 unspecified atom stereocenters. The van der Waals surface area contributed by atoms with Gasteiger partial charge in [0.1, 0.15) is 0 Å². The van der Waals surface area contributed by atoms with E-state index in [1.54, 1.807) is 0 Å². The Bertz CT molecular complexity index is 650. The highest BCUT2D eigenvalue weighted by atomic mass is 32.2. The van der Waals surface area contributed by atoms with Gasteiger partial charge in [-0.05, 0) is 32.9 Å². The summed E-state index contributed by atoms with van der Waals surface area (Å²) >= 11 is 0. The van der Waals surface area contributed by atoms with Crippen LogP contribution in [0.3, 0.4) is 0 Å². The number of guanidine groups is 1. The molecule has 8 nitrogen and oxygen atoms in total. The molecule has 1 aromatic heterocycles. The van der Waals surface area contributed by atoms with Crippen molar-refractivity contribution in [2.24, 2.45) is 4.99 Å². The maximum absolute atomic E-state index is 12.5. The van der Waals surface area contributed by atoms with Crippen LogP contribution in [0.15, 0.2) is 29.5 Å². The second kappa shape index (κ2) is 9.94. The number of nitrogens with one attached hydrogen (secondary N) is 2. The number of hydrogen-bond donors (Lipinski definition) is 2. The third-order valence-electron chi connectivity index (χ3n) is 4.07. The average molecular weight is 386 g/mol. The van der Waals surface area contributed by atoms with Gasteiger partial charge in [-0.3, -0.25) is 4.99 Å². The summed E-state index contributed by atoms with van der Waals surface area (Å²) < 4.78 is 34.3. The van der Waals surface area contributed by atoms with Crippen molar-refractivity contribution >= 4 is 16.0 Å². The first-order chi connectivity index (χ1) is 12.4. The number of nitrogens with zero attached hydrogens (tertiary/aromatic N) is 3. The number of ether oxygens (including phenoxy) is 1. The first kappa shape index (κ1) is 20.7. The van der Waals surface area contributed by atoms with Crippen molar-refractivity contribution in [2.45, 2.75) is 39.5 Å². The van der Waals surface area contributed by atoms with E-state index in [9.17, 15) is 8.42 Å². The Morgan fingerprint density at radius 3 is 2.46 bits per heavy atom. The maximum atomic E-state index is 12.5. The Morgan fingerprint density at radius 2 is 1.85 bits per heavy atom. The SMILES string of the molecule is CCNC(=NCCS(=O)(=O)N1CC(C)OC(C)C1)NCCn1cccc1. The molecule has 0 saturated carbocycles. The lowest BCUT2D eigenvalue weighted by Gasteiger charge is -2.34. The summed E-state index contributed by atoms with van der Waals surface area (Å²) in [7, 11) is -3.33. The largest absolute Gasteiger partial charge is 0.373 e. The molecule has 9 heteroatoms.